The van der Waals surface area contributed by atoms with Gasteiger partial charge in [-0.2, -0.15) is 9.59 Å². The molecule has 0 aliphatic rings. The Morgan fingerprint density at radius 2 is 1.60 bits per heavy atom. The topological polar surface area (TPSA) is 150 Å². The predicted molar refractivity (Wildman–Crippen MR) is 86.5 cm³/mol. The average molecular weight is 354 g/mol. The molecule has 1 atom stereocenters. The van der Waals surface area contributed by atoms with Crippen molar-refractivity contribution in [2.75, 3.05) is 0 Å². The van der Waals surface area contributed by atoms with E-state index < -0.39 is 24.0 Å². The van der Waals surface area contributed by atoms with E-state index in [2.05, 4.69) is 10.6 Å². The molecule has 1 rings (SSSR count). The van der Waals surface area contributed by atoms with Crippen LogP contribution in [0.25, 0.3) is 0 Å². The van der Waals surface area contributed by atoms with Gasteiger partial charge in [-0.25, -0.2) is 9.59 Å². The van der Waals surface area contributed by atoms with Crippen LogP contribution in [0.4, 0.5) is 4.79 Å². The second-order valence-corrected chi connectivity index (χ2v) is 4.22. The molecule has 1 unspecified atom stereocenters. The number of carboxylic acid groups (broad SMARTS) is 2. The first kappa shape index (κ1) is 24.1. The third-order valence-electron chi connectivity index (χ3n) is 2.55. The van der Waals surface area contributed by atoms with Crippen molar-refractivity contribution in [1.29, 1.82) is 0 Å². The molecule has 25 heavy (non-hydrogen) atoms. The summed E-state index contributed by atoms with van der Waals surface area (Å²) in [5, 5.41) is 22.1. The smallest absolute Gasteiger partial charge is 0.373 e. The van der Waals surface area contributed by atoms with E-state index in [4.69, 9.17) is 19.8 Å². The van der Waals surface area contributed by atoms with Crippen LogP contribution in [0.5, 0.6) is 0 Å². The summed E-state index contributed by atoms with van der Waals surface area (Å²) in [5.74, 6) is -2.37. The van der Waals surface area contributed by atoms with Crippen LogP contribution in [0.1, 0.15) is 32.3 Å². The van der Waals surface area contributed by atoms with Crippen molar-refractivity contribution in [2.24, 2.45) is 0 Å². The van der Waals surface area contributed by atoms with Crippen molar-refractivity contribution in [3.63, 3.8) is 0 Å². The highest BCUT2D eigenvalue weighted by Gasteiger charge is 2.20. The Bertz CT molecular complexity index is 555. The van der Waals surface area contributed by atoms with E-state index in [-0.39, 0.29) is 25.5 Å². The molecule has 0 aliphatic carbocycles. The van der Waals surface area contributed by atoms with E-state index >= 15 is 0 Å². The molecule has 0 fully saturated rings. The second-order valence-electron chi connectivity index (χ2n) is 4.22. The lowest BCUT2D eigenvalue weighted by Crippen LogP contribution is -2.45. The number of carbonyl (C=O) groups is 3. The van der Waals surface area contributed by atoms with Gasteiger partial charge in [0.05, 0.1) is 0 Å². The molecule has 1 aromatic carbocycles. The fourth-order valence-electron chi connectivity index (χ4n) is 1.51. The first-order valence-corrected chi connectivity index (χ1v) is 7.42. The van der Waals surface area contributed by atoms with E-state index in [1.54, 1.807) is 0 Å². The minimum absolute atomic E-state index is 0.163. The average Bonchev–Trinajstić information content (AvgIpc) is 2.59. The normalized spacial score (nSPS) is 9.68. The Kier molecular flexibility index (Phi) is 15.1. The highest BCUT2D eigenvalue weighted by molar-refractivity contribution is 5.82. The van der Waals surface area contributed by atoms with Crippen LogP contribution in [0.3, 0.4) is 0 Å². The van der Waals surface area contributed by atoms with Crippen molar-refractivity contribution in [3.8, 4) is 0 Å². The summed E-state index contributed by atoms with van der Waals surface area (Å²) in [5.41, 5.74) is 0.875. The van der Waals surface area contributed by atoms with Crippen molar-refractivity contribution in [3.05, 3.63) is 35.9 Å². The minimum atomic E-state index is -1.26. The Balaban J connectivity index is 0. The SMILES string of the molecule is CC.O=C(O)CCC(NC(=O)NCc1ccccc1)C(=O)O.O=C=O. The lowest BCUT2D eigenvalue weighted by molar-refractivity contribution is -0.191. The first-order valence-electron chi connectivity index (χ1n) is 7.42. The molecule has 4 N–H and O–H groups in total. The molecule has 0 spiro atoms. The summed E-state index contributed by atoms with van der Waals surface area (Å²) in [7, 11) is 0. The maximum atomic E-state index is 11.5. The van der Waals surface area contributed by atoms with Crippen LogP contribution in [0, 0.1) is 0 Å². The third-order valence-corrected chi connectivity index (χ3v) is 2.55. The van der Waals surface area contributed by atoms with E-state index in [0.717, 1.165) is 5.56 Å². The number of benzene rings is 1. The fraction of sp³-hybridized carbons (Fsp3) is 0.375. The van der Waals surface area contributed by atoms with Gasteiger partial charge < -0.3 is 20.8 Å². The summed E-state index contributed by atoms with van der Waals surface area (Å²) >= 11 is 0. The fourth-order valence-corrected chi connectivity index (χ4v) is 1.51. The van der Waals surface area contributed by atoms with E-state index in [0.29, 0.717) is 0 Å². The van der Waals surface area contributed by atoms with Crippen molar-refractivity contribution < 1.29 is 34.2 Å². The molecule has 9 nitrogen and oxygen atoms in total. The van der Waals surface area contributed by atoms with Gasteiger partial charge in [-0.05, 0) is 12.0 Å². The highest BCUT2D eigenvalue weighted by Crippen LogP contribution is 1.99. The Labute approximate surface area is 145 Å². The van der Waals surface area contributed by atoms with Crippen LogP contribution in [-0.2, 0) is 25.7 Å². The summed E-state index contributed by atoms with van der Waals surface area (Å²) in [6.45, 7) is 4.26. The third kappa shape index (κ3) is 14.2. The molecular weight excluding hydrogens is 332 g/mol. The summed E-state index contributed by atoms with van der Waals surface area (Å²) < 4.78 is 0. The Morgan fingerprint density at radius 3 is 2.04 bits per heavy atom. The molecule has 1 aromatic rings. The molecule has 0 aromatic heterocycles. The van der Waals surface area contributed by atoms with Gasteiger partial charge in [-0.1, -0.05) is 44.2 Å². The molecule has 0 saturated carbocycles. The number of aliphatic carboxylic acids is 2. The summed E-state index contributed by atoms with van der Waals surface area (Å²) in [4.78, 5) is 49.1. The number of rotatable bonds is 7. The molecular formula is C16H22N2O7. The zero-order valence-electron chi connectivity index (χ0n) is 14.0. The number of urea groups is 1. The lowest BCUT2D eigenvalue weighted by Gasteiger charge is -2.14. The van der Waals surface area contributed by atoms with Crippen LogP contribution in [0.2, 0.25) is 0 Å². The maximum Gasteiger partial charge on any atom is 0.373 e. The standard InChI is InChI=1S/C13H16N2O5.C2H6.CO2/c16-11(17)7-6-10(12(18)19)15-13(20)14-8-9-4-2-1-3-5-9;1-2;2-1-3/h1-5,10H,6-8H2,(H,16,17)(H,18,19)(H2,14,15,20);1-2H3;. The van der Waals surface area contributed by atoms with Crippen LogP contribution >= 0.6 is 0 Å². The van der Waals surface area contributed by atoms with Gasteiger partial charge in [0, 0.05) is 13.0 Å². The molecule has 2 amide bonds. The number of carboxylic acids is 2. The number of hydrogen-bond acceptors (Lipinski definition) is 5. The van der Waals surface area contributed by atoms with E-state index in [1.807, 2.05) is 44.2 Å². The van der Waals surface area contributed by atoms with Crippen LogP contribution in [-0.4, -0.2) is 40.4 Å². The van der Waals surface area contributed by atoms with Crippen molar-refractivity contribution in [1.82, 2.24) is 10.6 Å². The van der Waals surface area contributed by atoms with Gasteiger partial charge in [0.15, 0.2) is 0 Å². The largest absolute Gasteiger partial charge is 0.481 e. The summed E-state index contributed by atoms with van der Waals surface area (Å²) in [6.07, 6.45) is -0.237. The van der Waals surface area contributed by atoms with Crippen LogP contribution < -0.4 is 10.6 Å². The van der Waals surface area contributed by atoms with Gasteiger partial charge >= 0.3 is 24.1 Å². The minimum Gasteiger partial charge on any atom is -0.481 e. The molecule has 0 aliphatic heterocycles. The van der Waals surface area contributed by atoms with Gasteiger partial charge in [-0.3, -0.25) is 4.79 Å². The molecule has 138 valence electrons. The van der Waals surface area contributed by atoms with Gasteiger partial charge in [-0.15, -0.1) is 0 Å². The molecule has 0 saturated heterocycles. The number of amides is 2. The van der Waals surface area contributed by atoms with Gasteiger partial charge in [0.1, 0.15) is 6.04 Å². The van der Waals surface area contributed by atoms with Crippen molar-refractivity contribution in [2.45, 2.75) is 39.3 Å². The monoisotopic (exact) mass is 354 g/mol. The zero-order valence-corrected chi connectivity index (χ0v) is 14.0. The Morgan fingerprint density at radius 1 is 1.08 bits per heavy atom. The quantitative estimate of drug-likeness (QED) is 0.575. The predicted octanol–water partition coefficient (Wildman–Crippen LogP) is 1.25. The van der Waals surface area contributed by atoms with E-state index in [9.17, 15) is 14.4 Å². The van der Waals surface area contributed by atoms with Gasteiger partial charge in [0.25, 0.3) is 0 Å². The molecule has 9 heteroatoms. The molecule has 0 bridgehead atoms. The van der Waals surface area contributed by atoms with E-state index in [1.165, 1.54) is 0 Å². The second kappa shape index (κ2) is 15.7. The molecule has 0 heterocycles. The Hall–Kier alpha value is -3.19. The number of hydrogen-bond donors (Lipinski definition) is 4. The molecule has 0 radical (unpaired) electrons. The highest BCUT2D eigenvalue weighted by atomic mass is 16.4. The zero-order chi connectivity index (χ0) is 19.7. The first-order chi connectivity index (χ1) is 11.9. The maximum absolute atomic E-state index is 11.5. The van der Waals surface area contributed by atoms with Crippen molar-refractivity contribution >= 4 is 24.1 Å². The lowest BCUT2D eigenvalue weighted by atomic mass is 10.1. The number of nitrogens with one attached hydrogen (secondary N) is 2. The van der Waals surface area contributed by atoms with Gasteiger partial charge in [0.2, 0.25) is 0 Å². The summed E-state index contributed by atoms with van der Waals surface area (Å²) in [6, 6.07) is 7.26. The van der Waals surface area contributed by atoms with Crippen LogP contribution in [0.15, 0.2) is 30.3 Å². The number of carbonyl (C=O) groups excluding carboxylic acids is 3.